The van der Waals surface area contributed by atoms with Gasteiger partial charge in [0.25, 0.3) is 0 Å². The first-order chi connectivity index (χ1) is 11.3. The first-order valence-corrected chi connectivity index (χ1v) is 10.0. The Hall–Kier alpha value is -0.770. The summed E-state index contributed by atoms with van der Waals surface area (Å²) < 4.78 is 0. The molecule has 1 aliphatic heterocycles. The van der Waals surface area contributed by atoms with Gasteiger partial charge in [0.1, 0.15) is 0 Å². The van der Waals surface area contributed by atoms with Crippen molar-refractivity contribution in [1.29, 1.82) is 0 Å². The van der Waals surface area contributed by atoms with E-state index in [0.717, 1.165) is 36.3 Å². The van der Waals surface area contributed by atoms with Crippen molar-refractivity contribution < 1.29 is 0 Å². The van der Waals surface area contributed by atoms with Crippen molar-refractivity contribution in [2.24, 2.45) is 22.7 Å². The highest BCUT2D eigenvalue weighted by atomic mass is 15.3. The molecule has 4 heteroatoms. The maximum Gasteiger partial charge on any atom is 0.193 e. The molecule has 0 spiro atoms. The molecule has 0 aromatic heterocycles. The van der Waals surface area contributed by atoms with E-state index < -0.39 is 0 Å². The topological polar surface area (TPSA) is 30.9 Å². The van der Waals surface area contributed by atoms with E-state index in [1.54, 1.807) is 0 Å². The summed E-state index contributed by atoms with van der Waals surface area (Å²) in [6.07, 6.45) is 11.6. The zero-order valence-electron chi connectivity index (χ0n) is 14.8. The summed E-state index contributed by atoms with van der Waals surface area (Å²) in [5.41, 5.74) is 0. The van der Waals surface area contributed by atoms with Gasteiger partial charge in [-0.15, -0.1) is 0 Å². The Labute approximate surface area is 141 Å². The summed E-state index contributed by atoms with van der Waals surface area (Å²) in [5, 5.41) is 3.66. The molecule has 4 fully saturated rings. The second-order valence-electron chi connectivity index (χ2n) is 8.35. The number of rotatable bonds is 6. The van der Waals surface area contributed by atoms with Gasteiger partial charge in [-0.1, -0.05) is 12.8 Å². The SMILES string of the molecule is CN=C(NCCN(CC1CC1)C1CC1)N1CC2CCCCC2C1. The molecule has 1 heterocycles. The maximum atomic E-state index is 4.57. The molecule has 2 atom stereocenters. The molecule has 130 valence electrons. The van der Waals surface area contributed by atoms with E-state index in [0.29, 0.717) is 0 Å². The van der Waals surface area contributed by atoms with Crippen LogP contribution in [0.15, 0.2) is 4.99 Å². The molecule has 1 saturated heterocycles. The first kappa shape index (κ1) is 15.7. The van der Waals surface area contributed by atoms with Gasteiger partial charge < -0.3 is 10.2 Å². The predicted octanol–water partition coefficient (Wildman–Crippen LogP) is 2.56. The standard InChI is InChI=1S/C19H34N4/c1-20-19(23-13-16-4-2-3-5-17(16)14-23)21-10-11-22(18-8-9-18)12-15-6-7-15/h15-18H,2-14H2,1H3,(H,20,21). The fraction of sp³-hybridized carbons (Fsp3) is 0.947. The van der Waals surface area contributed by atoms with E-state index in [2.05, 4.69) is 20.1 Å². The number of nitrogens with one attached hydrogen (secondary N) is 1. The number of aliphatic imine (C=N–C) groups is 1. The largest absolute Gasteiger partial charge is 0.355 e. The number of nitrogens with zero attached hydrogens (tertiary/aromatic N) is 3. The van der Waals surface area contributed by atoms with E-state index in [1.165, 1.54) is 77.5 Å². The van der Waals surface area contributed by atoms with Crippen molar-refractivity contribution >= 4 is 5.96 Å². The van der Waals surface area contributed by atoms with Gasteiger partial charge in [-0.05, 0) is 56.3 Å². The summed E-state index contributed by atoms with van der Waals surface area (Å²) in [6.45, 7) is 6.07. The molecule has 4 rings (SSSR count). The van der Waals surface area contributed by atoms with E-state index in [9.17, 15) is 0 Å². The molecule has 0 radical (unpaired) electrons. The van der Waals surface area contributed by atoms with Crippen molar-refractivity contribution in [3.05, 3.63) is 0 Å². The molecular weight excluding hydrogens is 284 g/mol. The van der Waals surface area contributed by atoms with E-state index in [-0.39, 0.29) is 0 Å². The molecule has 3 aliphatic carbocycles. The molecule has 23 heavy (non-hydrogen) atoms. The fourth-order valence-corrected chi connectivity index (χ4v) is 4.72. The average molecular weight is 319 g/mol. The molecular formula is C19H34N4. The first-order valence-electron chi connectivity index (χ1n) is 10.0. The van der Waals surface area contributed by atoms with Crippen molar-refractivity contribution in [3.63, 3.8) is 0 Å². The van der Waals surface area contributed by atoms with Crippen molar-refractivity contribution in [1.82, 2.24) is 15.1 Å². The Bertz CT molecular complexity index is 413. The summed E-state index contributed by atoms with van der Waals surface area (Å²) in [6, 6.07) is 0.897. The minimum absolute atomic E-state index is 0.897. The molecule has 0 bridgehead atoms. The summed E-state index contributed by atoms with van der Waals surface area (Å²) in [7, 11) is 1.95. The minimum atomic E-state index is 0.897. The van der Waals surface area contributed by atoms with Crippen LogP contribution < -0.4 is 5.32 Å². The number of hydrogen-bond acceptors (Lipinski definition) is 2. The molecule has 4 aliphatic rings. The molecule has 3 saturated carbocycles. The van der Waals surface area contributed by atoms with Gasteiger partial charge >= 0.3 is 0 Å². The highest BCUT2D eigenvalue weighted by molar-refractivity contribution is 5.80. The molecule has 1 N–H and O–H groups in total. The average Bonchev–Trinajstić information content (AvgIpc) is 3.48. The Morgan fingerprint density at radius 3 is 2.30 bits per heavy atom. The normalized spacial score (nSPS) is 31.6. The lowest BCUT2D eigenvalue weighted by Crippen LogP contribution is -2.44. The lowest BCUT2D eigenvalue weighted by atomic mass is 9.82. The molecule has 0 aromatic carbocycles. The molecule has 0 amide bonds. The third-order valence-corrected chi connectivity index (χ3v) is 6.42. The third-order valence-electron chi connectivity index (χ3n) is 6.42. The van der Waals surface area contributed by atoms with Crippen LogP contribution in [-0.2, 0) is 0 Å². The van der Waals surface area contributed by atoms with Gasteiger partial charge in [-0.3, -0.25) is 9.89 Å². The van der Waals surface area contributed by atoms with Crippen LogP contribution in [0.5, 0.6) is 0 Å². The van der Waals surface area contributed by atoms with Crippen LogP contribution in [0.3, 0.4) is 0 Å². The Morgan fingerprint density at radius 1 is 1.04 bits per heavy atom. The highest BCUT2D eigenvalue weighted by Gasteiger charge is 2.36. The minimum Gasteiger partial charge on any atom is -0.355 e. The van der Waals surface area contributed by atoms with Crippen LogP contribution in [0, 0.1) is 17.8 Å². The molecule has 4 nitrogen and oxygen atoms in total. The second kappa shape index (κ2) is 7.00. The van der Waals surface area contributed by atoms with Crippen molar-refractivity contribution in [2.75, 3.05) is 39.8 Å². The summed E-state index contributed by atoms with van der Waals surface area (Å²) in [5.74, 6) is 4.03. The Morgan fingerprint density at radius 2 is 1.74 bits per heavy atom. The van der Waals surface area contributed by atoms with E-state index in [1.807, 2.05) is 7.05 Å². The van der Waals surface area contributed by atoms with Crippen LogP contribution in [0.2, 0.25) is 0 Å². The summed E-state index contributed by atoms with van der Waals surface area (Å²) in [4.78, 5) is 9.84. The van der Waals surface area contributed by atoms with Crippen LogP contribution in [-0.4, -0.2) is 61.6 Å². The van der Waals surface area contributed by atoms with Gasteiger partial charge in [0, 0.05) is 45.8 Å². The zero-order chi connectivity index (χ0) is 15.6. The number of likely N-dealkylation sites (tertiary alicyclic amines) is 1. The van der Waals surface area contributed by atoms with Crippen molar-refractivity contribution in [2.45, 2.75) is 57.4 Å². The van der Waals surface area contributed by atoms with Crippen LogP contribution in [0.1, 0.15) is 51.4 Å². The number of hydrogen-bond donors (Lipinski definition) is 1. The third kappa shape index (κ3) is 4.01. The Kier molecular flexibility index (Phi) is 4.79. The quantitative estimate of drug-likeness (QED) is 0.603. The highest BCUT2D eigenvalue weighted by Crippen LogP contribution is 2.36. The van der Waals surface area contributed by atoms with Crippen LogP contribution in [0.25, 0.3) is 0 Å². The van der Waals surface area contributed by atoms with Gasteiger partial charge in [0.05, 0.1) is 0 Å². The molecule has 0 aromatic rings. The maximum absolute atomic E-state index is 4.57. The van der Waals surface area contributed by atoms with Gasteiger partial charge in [-0.25, -0.2) is 0 Å². The number of guanidine groups is 1. The smallest absolute Gasteiger partial charge is 0.193 e. The van der Waals surface area contributed by atoms with Gasteiger partial charge in [0.2, 0.25) is 0 Å². The fourth-order valence-electron chi connectivity index (χ4n) is 4.72. The summed E-state index contributed by atoms with van der Waals surface area (Å²) >= 11 is 0. The van der Waals surface area contributed by atoms with Gasteiger partial charge in [-0.2, -0.15) is 0 Å². The monoisotopic (exact) mass is 318 g/mol. The van der Waals surface area contributed by atoms with Crippen molar-refractivity contribution in [3.8, 4) is 0 Å². The van der Waals surface area contributed by atoms with E-state index in [4.69, 9.17) is 0 Å². The van der Waals surface area contributed by atoms with E-state index >= 15 is 0 Å². The number of fused-ring (bicyclic) bond motifs is 1. The molecule has 2 unspecified atom stereocenters. The predicted molar refractivity (Wildman–Crippen MR) is 95.7 cm³/mol. The lowest BCUT2D eigenvalue weighted by Gasteiger charge is -2.25. The van der Waals surface area contributed by atoms with Crippen LogP contribution >= 0.6 is 0 Å². The van der Waals surface area contributed by atoms with Gasteiger partial charge in [0.15, 0.2) is 5.96 Å². The van der Waals surface area contributed by atoms with Crippen LogP contribution in [0.4, 0.5) is 0 Å². The second-order valence-corrected chi connectivity index (χ2v) is 8.35. The zero-order valence-corrected chi connectivity index (χ0v) is 14.8. The Balaban J connectivity index is 1.23. The lowest BCUT2D eigenvalue weighted by molar-refractivity contribution is 0.255.